The van der Waals surface area contributed by atoms with E-state index in [9.17, 15) is 4.79 Å². The molecule has 1 amide bonds. The van der Waals surface area contributed by atoms with E-state index in [4.69, 9.17) is 15.2 Å². The monoisotopic (exact) mass is 533 g/mol. The Morgan fingerprint density at radius 1 is 1.27 bits per heavy atom. The molecule has 0 aliphatic carbocycles. The largest absolute Gasteiger partial charge is 0.493 e. The lowest BCUT2D eigenvalue weighted by atomic mass is 9.96. The molecule has 1 heterocycles. The first-order chi connectivity index (χ1) is 14.1. The van der Waals surface area contributed by atoms with Crippen molar-refractivity contribution in [2.75, 3.05) is 52.3 Å². The maximum atomic E-state index is 11.2. The zero-order chi connectivity index (χ0) is 21.1. The average Bonchev–Trinajstić information content (AvgIpc) is 2.74. The van der Waals surface area contributed by atoms with Crippen molar-refractivity contribution in [3.8, 4) is 11.5 Å². The van der Waals surface area contributed by atoms with Gasteiger partial charge in [-0.3, -0.25) is 9.79 Å². The van der Waals surface area contributed by atoms with Crippen molar-refractivity contribution < 1.29 is 14.3 Å². The number of amides is 1. The number of primary amides is 1. The number of hydrogen-bond acceptors (Lipinski definition) is 5. The fourth-order valence-electron chi connectivity index (χ4n) is 3.44. The highest BCUT2D eigenvalue weighted by Gasteiger charge is 2.22. The summed E-state index contributed by atoms with van der Waals surface area (Å²) in [7, 11) is 3.38. The van der Waals surface area contributed by atoms with Gasteiger partial charge in [-0.1, -0.05) is 0 Å². The van der Waals surface area contributed by atoms with Gasteiger partial charge in [-0.15, -0.1) is 24.0 Å². The number of unbranched alkanes of at least 4 members (excludes halogenated alkanes) is 1. The molecule has 0 atom stereocenters. The van der Waals surface area contributed by atoms with Crippen LogP contribution in [0.25, 0.3) is 0 Å². The highest BCUT2D eigenvalue weighted by atomic mass is 127. The van der Waals surface area contributed by atoms with E-state index in [2.05, 4.69) is 20.5 Å². The molecule has 0 bridgehead atoms. The van der Waals surface area contributed by atoms with E-state index in [0.29, 0.717) is 12.4 Å². The van der Waals surface area contributed by atoms with Crippen LogP contribution in [-0.2, 0) is 4.79 Å². The van der Waals surface area contributed by atoms with Gasteiger partial charge in [0.05, 0.1) is 13.7 Å². The van der Waals surface area contributed by atoms with E-state index in [1.807, 2.05) is 25.1 Å². The molecule has 0 saturated carbocycles. The molecular formula is C21H36IN5O3. The summed E-state index contributed by atoms with van der Waals surface area (Å²) >= 11 is 0. The minimum absolute atomic E-state index is 0. The van der Waals surface area contributed by atoms with Gasteiger partial charge in [-0.2, -0.15) is 0 Å². The minimum Gasteiger partial charge on any atom is -0.493 e. The Kier molecular flexibility index (Phi) is 12.5. The molecule has 170 valence electrons. The second-order valence-corrected chi connectivity index (χ2v) is 7.15. The minimum atomic E-state index is -0.155. The number of hydrogen-bond donors (Lipinski definition) is 3. The molecule has 1 aromatic rings. The summed E-state index contributed by atoms with van der Waals surface area (Å²) < 4.78 is 10.9. The third kappa shape index (κ3) is 8.55. The van der Waals surface area contributed by atoms with E-state index >= 15 is 0 Å². The SMILES string of the molecule is CCOc1ccc(NC(=NC)NCCCCN2CCC(C(N)=O)CC2)cc1OC.I. The zero-order valence-corrected chi connectivity index (χ0v) is 20.6. The molecule has 0 radical (unpaired) electrons. The van der Waals surface area contributed by atoms with Crippen LogP contribution >= 0.6 is 24.0 Å². The van der Waals surface area contributed by atoms with E-state index in [-0.39, 0.29) is 35.8 Å². The molecule has 1 aliphatic heterocycles. The Hall–Kier alpha value is -1.75. The molecule has 9 heteroatoms. The van der Waals surface area contributed by atoms with Crippen molar-refractivity contribution in [2.45, 2.75) is 32.6 Å². The molecule has 8 nitrogen and oxygen atoms in total. The van der Waals surface area contributed by atoms with E-state index in [0.717, 1.165) is 69.3 Å². The quantitative estimate of drug-likeness (QED) is 0.185. The van der Waals surface area contributed by atoms with Crippen LogP contribution in [0.2, 0.25) is 0 Å². The lowest BCUT2D eigenvalue weighted by Crippen LogP contribution is -2.39. The third-order valence-corrected chi connectivity index (χ3v) is 5.13. The van der Waals surface area contributed by atoms with Gasteiger partial charge in [-0.25, -0.2) is 0 Å². The Morgan fingerprint density at radius 2 is 2.00 bits per heavy atom. The van der Waals surface area contributed by atoms with Gasteiger partial charge in [0.2, 0.25) is 5.91 Å². The number of nitrogens with two attached hydrogens (primary N) is 1. The van der Waals surface area contributed by atoms with Gasteiger partial charge in [0.25, 0.3) is 0 Å². The fraction of sp³-hybridized carbons (Fsp3) is 0.619. The lowest BCUT2D eigenvalue weighted by molar-refractivity contribution is -0.123. The number of anilines is 1. The number of guanidine groups is 1. The number of ether oxygens (including phenoxy) is 2. The molecule has 0 unspecified atom stereocenters. The Morgan fingerprint density at radius 3 is 2.60 bits per heavy atom. The molecule has 4 N–H and O–H groups in total. The molecular weight excluding hydrogens is 497 g/mol. The molecule has 0 spiro atoms. The molecule has 1 aliphatic rings. The number of piperidine rings is 1. The number of carbonyl (C=O) groups excluding carboxylic acids is 1. The van der Waals surface area contributed by atoms with Crippen molar-refractivity contribution in [3.63, 3.8) is 0 Å². The topological polar surface area (TPSA) is 101 Å². The van der Waals surface area contributed by atoms with Gasteiger partial charge >= 0.3 is 0 Å². The lowest BCUT2D eigenvalue weighted by Gasteiger charge is -2.30. The first-order valence-electron chi connectivity index (χ1n) is 10.4. The molecule has 2 rings (SSSR count). The van der Waals surface area contributed by atoms with Gasteiger partial charge < -0.3 is 30.7 Å². The summed E-state index contributed by atoms with van der Waals surface area (Å²) in [5, 5.41) is 6.62. The fourth-order valence-corrected chi connectivity index (χ4v) is 3.44. The van der Waals surface area contributed by atoms with Crippen LogP contribution in [0, 0.1) is 5.92 Å². The smallest absolute Gasteiger partial charge is 0.220 e. The molecule has 1 saturated heterocycles. The van der Waals surface area contributed by atoms with Crippen LogP contribution in [-0.4, -0.2) is 63.7 Å². The predicted molar refractivity (Wildman–Crippen MR) is 132 cm³/mol. The maximum absolute atomic E-state index is 11.2. The number of carbonyl (C=O) groups is 1. The Bertz CT molecular complexity index is 679. The van der Waals surface area contributed by atoms with Gasteiger partial charge in [-0.05, 0) is 64.4 Å². The molecule has 0 aromatic heterocycles. The summed E-state index contributed by atoms with van der Waals surface area (Å²) in [5.74, 6) is 2.04. The normalized spacial score (nSPS) is 15.2. The highest BCUT2D eigenvalue weighted by molar-refractivity contribution is 14.0. The maximum Gasteiger partial charge on any atom is 0.220 e. The second kappa shape index (κ2) is 14.3. The molecule has 1 aromatic carbocycles. The molecule has 1 fully saturated rings. The number of benzene rings is 1. The van der Waals surface area contributed by atoms with Crippen LogP contribution in [0.4, 0.5) is 5.69 Å². The van der Waals surface area contributed by atoms with Crippen molar-refractivity contribution >= 4 is 41.5 Å². The Balaban J connectivity index is 0.00000450. The van der Waals surface area contributed by atoms with Crippen LogP contribution in [0.5, 0.6) is 11.5 Å². The van der Waals surface area contributed by atoms with Crippen molar-refractivity contribution in [1.82, 2.24) is 10.2 Å². The third-order valence-electron chi connectivity index (χ3n) is 5.13. The number of aliphatic imine (C=N–C) groups is 1. The summed E-state index contributed by atoms with van der Waals surface area (Å²) in [6.07, 6.45) is 3.91. The van der Waals surface area contributed by atoms with E-state index in [1.54, 1.807) is 14.2 Å². The van der Waals surface area contributed by atoms with Crippen LogP contribution in [0.3, 0.4) is 0 Å². The van der Waals surface area contributed by atoms with Crippen LogP contribution < -0.4 is 25.8 Å². The highest BCUT2D eigenvalue weighted by Crippen LogP contribution is 2.30. The average molecular weight is 533 g/mol. The van der Waals surface area contributed by atoms with Gasteiger partial charge in [0, 0.05) is 31.3 Å². The summed E-state index contributed by atoms with van der Waals surface area (Å²) in [6.45, 7) is 6.35. The first-order valence-corrected chi connectivity index (χ1v) is 10.4. The van der Waals surface area contributed by atoms with Gasteiger partial charge in [0.1, 0.15) is 0 Å². The number of halogens is 1. The number of nitrogens with one attached hydrogen (secondary N) is 2. The van der Waals surface area contributed by atoms with Crippen LogP contribution in [0.15, 0.2) is 23.2 Å². The number of nitrogens with zero attached hydrogens (tertiary/aromatic N) is 2. The summed E-state index contributed by atoms with van der Waals surface area (Å²) in [4.78, 5) is 17.9. The second-order valence-electron chi connectivity index (χ2n) is 7.15. The van der Waals surface area contributed by atoms with Crippen molar-refractivity contribution in [1.29, 1.82) is 0 Å². The summed E-state index contributed by atoms with van der Waals surface area (Å²) in [6, 6.07) is 5.73. The van der Waals surface area contributed by atoms with Gasteiger partial charge in [0.15, 0.2) is 17.5 Å². The van der Waals surface area contributed by atoms with Crippen molar-refractivity contribution in [3.05, 3.63) is 18.2 Å². The standard InChI is InChI=1S/C21H35N5O3.HI/c1-4-29-18-8-7-17(15-19(18)28-3)25-21(23-2)24-11-5-6-12-26-13-9-16(10-14-26)20(22)27;/h7-8,15-16H,4-6,9-14H2,1-3H3,(H2,22,27)(H2,23,24,25);1H. The molecule has 30 heavy (non-hydrogen) atoms. The number of likely N-dealkylation sites (tertiary alicyclic amines) is 1. The van der Waals surface area contributed by atoms with Crippen molar-refractivity contribution in [2.24, 2.45) is 16.6 Å². The van der Waals surface area contributed by atoms with E-state index in [1.165, 1.54) is 0 Å². The van der Waals surface area contributed by atoms with E-state index < -0.39 is 0 Å². The number of methoxy groups -OCH3 is 1. The first kappa shape index (κ1) is 26.3. The predicted octanol–water partition coefficient (Wildman–Crippen LogP) is 2.68. The van der Waals surface area contributed by atoms with Crippen LogP contribution in [0.1, 0.15) is 32.6 Å². The number of rotatable bonds is 10. The Labute approximate surface area is 197 Å². The zero-order valence-electron chi connectivity index (χ0n) is 18.3. The summed E-state index contributed by atoms with van der Waals surface area (Å²) in [5.41, 5.74) is 6.27.